The van der Waals surface area contributed by atoms with Crippen molar-refractivity contribution in [1.29, 1.82) is 0 Å². The molecule has 0 spiro atoms. The third kappa shape index (κ3) is 6.95. The van der Waals surface area contributed by atoms with Crippen molar-refractivity contribution in [2.75, 3.05) is 23.9 Å². The third-order valence-corrected chi connectivity index (χ3v) is 11.5. The SMILES string of the molecule is CSc1sc(C(N)=O)cc1S(=O)(=O)c1cccc(-c2c(C)cc(NC(=O)OCC[Si](C)(C)C)cc2N)c1. The van der Waals surface area contributed by atoms with Crippen molar-refractivity contribution in [3.05, 3.63) is 52.9 Å². The van der Waals surface area contributed by atoms with Gasteiger partial charge in [-0.15, -0.1) is 23.1 Å². The van der Waals surface area contributed by atoms with Crippen molar-refractivity contribution in [1.82, 2.24) is 0 Å². The van der Waals surface area contributed by atoms with Crippen molar-refractivity contribution >= 4 is 64.4 Å². The maximum Gasteiger partial charge on any atom is 0.411 e. The number of thiophene rings is 1. The van der Waals surface area contributed by atoms with Gasteiger partial charge in [0.2, 0.25) is 9.84 Å². The monoisotopic (exact) mass is 577 g/mol. The van der Waals surface area contributed by atoms with Crippen molar-refractivity contribution in [3.63, 3.8) is 0 Å². The van der Waals surface area contributed by atoms with Crippen molar-refractivity contribution < 1.29 is 22.7 Å². The number of amides is 2. The summed E-state index contributed by atoms with van der Waals surface area (Å²) in [6.45, 7) is 8.81. The van der Waals surface area contributed by atoms with E-state index in [0.29, 0.717) is 33.3 Å². The highest BCUT2D eigenvalue weighted by Gasteiger charge is 2.26. The minimum atomic E-state index is -3.92. The topological polar surface area (TPSA) is 142 Å². The molecule has 0 saturated carbocycles. The molecule has 1 aromatic heterocycles. The zero-order valence-electron chi connectivity index (χ0n) is 21.4. The first kappa shape index (κ1) is 28.8. The van der Waals surface area contributed by atoms with Crippen LogP contribution in [0.4, 0.5) is 16.2 Å². The van der Waals surface area contributed by atoms with E-state index in [2.05, 4.69) is 25.0 Å². The third-order valence-electron chi connectivity index (χ3n) is 5.51. The van der Waals surface area contributed by atoms with Crippen LogP contribution in [0.5, 0.6) is 0 Å². The summed E-state index contributed by atoms with van der Waals surface area (Å²) in [6, 6.07) is 12.0. The molecule has 2 amide bonds. The number of hydrogen-bond acceptors (Lipinski definition) is 8. The van der Waals surface area contributed by atoms with E-state index in [1.807, 2.05) is 6.92 Å². The molecule has 37 heavy (non-hydrogen) atoms. The maximum atomic E-state index is 13.5. The minimum absolute atomic E-state index is 0.0489. The number of primary amides is 1. The smallest absolute Gasteiger partial charge is 0.411 e. The van der Waals surface area contributed by atoms with Gasteiger partial charge >= 0.3 is 6.09 Å². The number of ether oxygens (including phenoxy) is 1. The highest BCUT2D eigenvalue weighted by Crippen LogP contribution is 2.39. The molecule has 0 fully saturated rings. The standard InChI is InChI=1S/C25H31N3O5S3Si/c1-15-11-17(28-25(30)33-9-10-37(3,4)5)13-19(26)22(15)16-7-6-8-18(12-16)36(31,32)21-14-20(23(27)29)35-24(21)34-2/h6-8,11-14H,9-10,26H2,1-5H3,(H2,27,29)(H,28,30). The minimum Gasteiger partial charge on any atom is -0.450 e. The van der Waals surface area contributed by atoms with E-state index in [1.165, 1.54) is 23.9 Å². The lowest BCUT2D eigenvalue weighted by molar-refractivity contribution is 0.100. The van der Waals surface area contributed by atoms with Gasteiger partial charge in [-0.2, -0.15) is 0 Å². The van der Waals surface area contributed by atoms with Crippen LogP contribution in [0.15, 0.2) is 56.5 Å². The number of rotatable bonds is 9. The molecule has 0 unspecified atom stereocenters. The Balaban J connectivity index is 1.90. The van der Waals surface area contributed by atoms with Gasteiger partial charge in [0.25, 0.3) is 5.91 Å². The van der Waals surface area contributed by atoms with Gasteiger partial charge in [-0.1, -0.05) is 31.8 Å². The van der Waals surface area contributed by atoms with Crippen LogP contribution in [0.3, 0.4) is 0 Å². The van der Waals surface area contributed by atoms with Gasteiger partial charge in [0.15, 0.2) is 0 Å². The summed E-state index contributed by atoms with van der Waals surface area (Å²) in [5.74, 6) is -0.674. The zero-order valence-corrected chi connectivity index (χ0v) is 24.8. The lowest BCUT2D eigenvalue weighted by Gasteiger charge is -2.16. The Bertz CT molecular complexity index is 1420. The number of nitrogens with two attached hydrogens (primary N) is 2. The van der Waals surface area contributed by atoms with Crippen molar-refractivity contribution in [2.45, 2.75) is 46.6 Å². The van der Waals surface area contributed by atoms with Crippen LogP contribution >= 0.6 is 23.1 Å². The Kier molecular flexibility index (Phi) is 8.78. The second-order valence-corrected chi connectivity index (χ2v) is 19.4. The van der Waals surface area contributed by atoms with Crippen LogP contribution in [0.25, 0.3) is 11.1 Å². The molecule has 3 rings (SSSR count). The second-order valence-electron chi connectivity index (χ2n) is 9.69. The highest BCUT2D eigenvalue weighted by molar-refractivity contribution is 8.01. The Hall–Kier alpha value is -2.80. The molecule has 12 heteroatoms. The van der Waals surface area contributed by atoms with Crippen LogP contribution < -0.4 is 16.8 Å². The van der Waals surface area contributed by atoms with E-state index in [9.17, 15) is 18.0 Å². The average Bonchev–Trinajstić information content (AvgIpc) is 3.24. The molecule has 198 valence electrons. The van der Waals surface area contributed by atoms with Gasteiger partial charge in [0.1, 0.15) is 0 Å². The Morgan fingerprint density at radius 3 is 2.43 bits per heavy atom. The quantitative estimate of drug-likeness (QED) is 0.165. The number of hydrogen-bond donors (Lipinski definition) is 3. The fourth-order valence-corrected chi connectivity index (χ4v) is 8.25. The van der Waals surface area contributed by atoms with Crippen LogP contribution in [-0.2, 0) is 14.6 Å². The van der Waals surface area contributed by atoms with Crippen molar-refractivity contribution in [3.8, 4) is 11.1 Å². The van der Waals surface area contributed by atoms with Crippen LogP contribution in [0.2, 0.25) is 25.7 Å². The Labute approximate surface area is 226 Å². The van der Waals surface area contributed by atoms with E-state index in [0.717, 1.165) is 22.9 Å². The summed E-state index contributed by atoms with van der Waals surface area (Å²) in [4.78, 5) is 24.1. The average molecular weight is 578 g/mol. The van der Waals surface area contributed by atoms with E-state index in [-0.39, 0.29) is 14.7 Å². The van der Waals surface area contributed by atoms with E-state index in [4.69, 9.17) is 16.2 Å². The van der Waals surface area contributed by atoms with Gasteiger partial charge in [-0.3, -0.25) is 10.1 Å². The first-order valence-corrected chi connectivity index (χ1v) is 18.6. The number of carbonyl (C=O) groups excluding carboxylic acids is 2. The largest absolute Gasteiger partial charge is 0.450 e. The van der Waals surface area contributed by atoms with Crippen LogP contribution in [0, 0.1) is 6.92 Å². The molecule has 0 radical (unpaired) electrons. The number of aryl methyl sites for hydroxylation is 1. The first-order chi connectivity index (χ1) is 17.2. The summed E-state index contributed by atoms with van der Waals surface area (Å²) in [5.41, 5.74) is 14.6. The predicted molar refractivity (Wildman–Crippen MR) is 154 cm³/mol. The van der Waals surface area contributed by atoms with Crippen LogP contribution in [0.1, 0.15) is 15.2 Å². The number of anilines is 2. The molecule has 2 aromatic carbocycles. The summed E-state index contributed by atoms with van der Waals surface area (Å²) in [6.07, 6.45) is 1.20. The highest BCUT2D eigenvalue weighted by atomic mass is 32.2. The molecule has 0 saturated heterocycles. The number of nitrogen functional groups attached to an aromatic ring is 1. The zero-order chi connectivity index (χ0) is 27.5. The molecule has 0 aliphatic heterocycles. The van der Waals surface area contributed by atoms with Gasteiger partial charge in [-0.25, -0.2) is 13.2 Å². The molecular formula is C25H31N3O5S3Si. The van der Waals surface area contributed by atoms with Gasteiger partial charge in [0, 0.05) is 25.0 Å². The first-order valence-electron chi connectivity index (χ1n) is 11.4. The molecule has 3 aromatic rings. The Morgan fingerprint density at radius 2 is 1.84 bits per heavy atom. The van der Waals surface area contributed by atoms with Gasteiger partial charge < -0.3 is 16.2 Å². The second kappa shape index (κ2) is 11.3. The lowest BCUT2D eigenvalue weighted by atomic mass is 9.98. The predicted octanol–water partition coefficient (Wildman–Crippen LogP) is 5.85. The van der Waals surface area contributed by atoms with Crippen LogP contribution in [-0.4, -0.2) is 41.4 Å². The van der Waals surface area contributed by atoms with E-state index >= 15 is 0 Å². The molecular weight excluding hydrogens is 547 g/mol. The van der Waals surface area contributed by atoms with E-state index < -0.39 is 29.9 Å². The van der Waals surface area contributed by atoms with E-state index in [1.54, 1.807) is 36.6 Å². The normalized spacial score (nSPS) is 11.8. The molecule has 1 heterocycles. The summed E-state index contributed by atoms with van der Waals surface area (Å²) in [7, 11) is -5.24. The molecule has 0 aliphatic rings. The van der Waals surface area contributed by atoms with Crippen molar-refractivity contribution in [2.24, 2.45) is 5.73 Å². The molecule has 8 nitrogen and oxygen atoms in total. The fraction of sp³-hybridized carbons (Fsp3) is 0.280. The lowest BCUT2D eigenvalue weighted by Crippen LogP contribution is -2.24. The number of thioether (sulfide) groups is 1. The molecule has 0 atom stereocenters. The summed E-state index contributed by atoms with van der Waals surface area (Å²) in [5, 5.41) is 2.71. The van der Waals surface area contributed by atoms with Gasteiger partial charge in [0.05, 0.1) is 25.5 Å². The number of benzene rings is 2. The summed E-state index contributed by atoms with van der Waals surface area (Å²) >= 11 is 2.29. The number of nitrogens with one attached hydrogen (secondary N) is 1. The fourth-order valence-electron chi connectivity index (χ4n) is 3.64. The molecule has 5 N–H and O–H groups in total. The Morgan fingerprint density at radius 1 is 1.14 bits per heavy atom. The molecule has 0 bridgehead atoms. The number of carbonyl (C=O) groups is 2. The number of sulfone groups is 1. The molecule has 0 aliphatic carbocycles. The maximum absolute atomic E-state index is 13.5. The van der Waals surface area contributed by atoms with Gasteiger partial charge in [-0.05, 0) is 60.7 Å². The summed E-state index contributed by atoms with van der Waals surface area (Å²) < 4.78 is 32.7.